The second kappa shape index (κ2) is 6.37. The molecule has 0 aliphatic carbocycles. The summed E-state index contributed by atoms with van der Waals surface area (Å²) in [5.74, 6) is 0. The molecule has 0 atom stereocenters. The number of rotatable bonds is 1. The highest BCUT2D eigenvalue weighted by atomic mass is 35.5. The average molecular weight is 356 g/mol. The average Bonchev–Trinajstić information content (AvgIpc) is 3.07. The van der Waals surface area contributed by atoms with Gasteiger partial charge in [-0.1, -0.05) is 29.8 Å². The number of halogens is 1. The Kier molecular flexibility index (Phi) is 4.05. The van der Waals surface area contributed by atoms with Crippen LogP contribution in [0.4, 0.5) is 10.5 Å². The molecule has 1 aromatic carbocycles. The van der Waals surface area contributed by atoms with Crippen molar-refractivity contribution < 1.29 is 4.79 Å². The number of amides is 1. The van der Waals surface area contributed by atoms with Crippen LogP contribution in [0.5, 0.6) is 0 Å². The maximum atomic E-state index is 12.5. The summed E-state index contributed by atoms with van der Waals surface area (Å²) < 4.78 is 1.30. The minimum absolute atomic E-state index is 0.137. The largest absolute Gasteiger partial charge is 0.367 e. The van der Waals surface area contributed by atoms with Crippen molar-refractivity contribution in [2.75, 3.05) is 31.1 Å². The molecule has 0 bridgehead atoms. The fourth-order valence-corrected chi connectivity index (χ4v) is 3.37. The Balaban J connectivity index is 1.53. The van der Waals surface area contributed by atoms with Gasteiger partial charge in [-0.3, -0.25) is 4.98 Å². The first-order valence-corrected chi connectivity index (χ1v) is 8.60. The third-order valence-electron chi connectivity index (χ3n) is 4.46. The summed E-state index contributed by atoms with van der Waals surface area (Å²) in [6.45, 7) is 4.84. The number of aryl methyl sites for hydroxylation is 1. The highest BCUT2D eigenvalue weighted by molar-refractivity contribution is 6.30. The summed E-state index contributed by atoms with van der Waals surface area (Å²) in [5.41, 5.74) is 3.18. The number of fused-ring (bicyclic) bond motifs is 1. The molecule has 7 heteroatoms. The van der Waals surface area contributed by atoms with E-state index in [-0.39, 0.29) is 6.03 Å². The summed E-state index contributed by atoms with van der Waals surface area (Å²) >= 11 is 5.85. The fraction of sp³-hybridized carbons (Fsp3) is 0.278. The van der Waals surface area contributed by atoms with E-state index in [4.69, 9.17) is 11.6 Å². The van der Waals surface area contributed by atoms with Gasteiger partial charge in [0, 0.05) is 42.9 Å². The SMILES string of the molecule is Cc1cc(N2CCN(C(=O)n3cc(Cl)cn3)CC2)c2ccccc2n1. The lowest BCUT2D eigenvalue weighted by atomic mass is 10.1. The first-order chi connectivity index (χ1) is 12.1. The number of para-hydroxylation sites is 1. The summed E-state index contributed by atoms with van der Waals surface area (Å²) in [6, 6.07) is 10.1. The Hall–Kier alpha value is -2.60. The first kappa shape index (κ1) is 15.9. The van der Waals surface area contributed by atoms with Crippen LogP contribution in [0, 0.1) is 6.92 Å². The van der Waals surface area contributed by atoms with Crippen molar-refractivity contribution in [3.8, 4) is 0 Å². The zero-order valence-corrected chi connectivity index (χ0v) is 14.6. The number of piperazine rings is 1. The van der Waals surface area contributed by atoms with Crippen LogP contribution in [-0.2, 0) is 0 Å². The molecular weight excluding hydrogens is 338 g/mol. The topological polar surface area (TPSA) is 54.3 Å². The smallest absolute Gasteiger partial charge is 0.344 e. The van der Waals surface area contributed by atoms with Crippen molar-refractivity contribution in [1.29, 1.82) is 0 Å². The van der Waals surface area contributed by atoms with Gasteiger partial charge in [0.05, 0.1) is 22.9 Å². The predicted molar refractivity (Wildman–Crippen MR) is 98.3 cm³/mol. The minimum Gasteiger partial charge on any atom is -0.367 e. The second-order valence-electron chi connectivity index (χ2n) is 6.16. The molecule has 1 aliphatic heterocycles. The maximum absolute atomic E-state index is 12.5. The lowest BCUT2D eigenvalue weighted by molar-refractivity contribution is 0.193. The van der Waals surface area contributed by atoms with E-state index in [1.54, 1.807) is 4.90 Å². The Bertz CT molecular complexity index is 930. The predicted octanol–water partition coefficient (Wildman–Crippen LogP) is 3.18. The Morgan fingerprint density at radius 1 is 1.16 bits per heavy atom. The van der Waals surface area contributed by atoms with Gasteiger partial charge in [0.15, 0.2) is 0 Å². The molecule has 3 heterocycles. The maximum Gasteiger partial charge on any atom is 0.344 e. The Morgan fingerprint density at radius 2 is 1.92 bits per heavy atom. The van der Waals surface area contributed by atoms with Crippen molar-refractivity contribution in [2.24, 2.45) is 0 Å². The molecule has 4 rings (SSSR count). The molecule has 2 aromatic heterocycles. The number of carbonyl (C=O) groups is 1. The molecular formula is C18H18ClN5O. The van der Waals surface area contributed by atoms with Crippen LogP contribution < -0.4 is 4.90 Å². The van der Waals surface area contributed by atoms with Crippen LogP contribution >= 0.6 is 11.6 Å². The van der Waals surface area contributed by atoms with Gasteiger partial charge in [0.1, 0.15) is 0 Å². The number of carbonyl (C=O) groups excluding carboxylic acids is 1. The highest BCUT2D eigenvalue weighted by Crippen LogP contribution is 2.27. The van der Waals surface area contributed by atoms with Crippen LogP contribution in [0.2, 0.25) is 5.02 Å². The van der Waals surface area contributed by atoms with Gasteiger partial charge in [0.25, 0.3) is 0 Å². The van der Waals surface area contributed by atoms with Crippen LogP contribution in [0.25, 0.3) is 10.9 Å². The van der Waals surface area contributed by atoms with Crippen LogP contribution in [-0.4, -0.2) is 51.9 Å². The van der Waals surface area contributed by atoms with E-state index in [0.717, 1.165) is 29.7 Å². The van der Waals surface area contributed by atoms with Crippen molar-refractivity contribution in [2.45, 2.75) is 6.92 Å². The summed E-state index contributed by atoms with van der Waals surface area (Å²) in [6.07, 6.45) is 3.01. The van der Waals surface area contributed by atoms with Gasteiger partial charge in [-0.05, 0) is 19.1 Å². The lowest BCUT2D eigenvalue weighted by Crippen LogP contribution is -2.50. The summed E-state index contributed by atoms with van der Waals surface area (Å²) in [5, 5.41) is 5.60. The number of pyridine rings is 1. The molecule has 1 amide bonds. The number of hydrogen-bond acceptors (Lipinski definition) is 4. The normalized spacial score (nSPS) is 15.0. The first-order valence-electron chi connectivity index (χ1n) is 8.22. The summed E-state index contributed by atoms with van der Waals surface area (Å²) in [4.78, 5) is 21.2. The highest BCUT2D eigenvalue weighted by Gasteiger charge is 2.24. The molecule has 0 N–H and O–H groups in total. The Morgan fingerprint density at radius 3 is 2.64 bits per heavy atom. The van der Waals surface area contributed by atoms with E-state index in [1.165, 1.54) is 22.8 Å². The van der Waals surface area contributed by atoms with Crippen LogP contribution in [0.3, 0.4) is 0 Å². The molecule has 0 spiro atoms. The molecule has 0 saturated carbocycles. The van der Waals surface area contributed by atoms with E-state index in [2.05, 4.69) is 27.1 Å². The van der Waals surface area contributed by atoms with Gasteiger partial charge in [-0.25, -0.2) is 4.79 Å². The third kappa shape index (κ3) is 3.05. The van der Waals surface area contributed by atoms with Crippen molar-refractivity contribution in [3.05, 3.63) is 53.4 Å². The molecule has 128 valence electrons. The van der Waals surface area contributed by atoms with E-state index in [9.17, 15) is 4.79 Å². The van der Waals surface area contributed by atoms with Gasteiger partial charge < -0.3 is 9.80 Å². The molecule has 6 nitrogen and oxygen atoms in total. The Labute approximate surface area is 150 Å². The second-order valence-corrected chi connectivity index (χ2v) is 6.60. The molecule has 1 saturated heterocycles. The van der Waals surface area contributed by atoms with Crippen molar-refractivity contribution in [1.82, 2.24) is 19.7 Å². The monoisotopic (exact) mass is 355 g/mol. The van der Waals surface area contributed by atoms with Crippen LogP contribution in [0.15, 0.2) is 42.7 Å². The lowest BCUT2D eigenvalue weighted by Gasteiger charge is -2.36. The summed E-state index contributed by atoms with van der Waals surface area (Å²) in [7, 11) is 0. The van der Waals surface area contributed by atoms with Gasteiger partial charge >= 0.3 is 6.03 Å². The van der Waals surface area contributed by atoms with Gasteiger partial charge in [-0.15, -0.1) is 0 Å². The van der Waals surface area contributed by atoms with Gasteiger partial charge in [-0.2, -0.15) is 9.78 Å². The number of benzene rings is 1. The number of anilines is 1. The number of hydrogen-bond donors (Lipinski definition) is 0. The zero-order chi connectivity index (χ0) is 17.4. The minimum atomic E-state index is -0.137. The van der Waals surface area contributed by atoms with Crippen LogP contribution in [0.1, 0.15) is 5.69 Å². The van der Waals surface area contributed by atoms with Gasteiger partial charge in [0.2, 0.25) is 0 Å². The number of aromatic nitrogens is 3. The van der Waals surface area contributed by atoms with E-state index >= 15 is 0 Å². The fourth-order valence-electron chi connectivity index (χ4n) is 3.24. The molecule has 1 aliphatic rings. The van der Waals surface area contributed by atoms with E-state index in [1.807, 2.05) is 25.1 Å². The van der Waals surface area contributed by atoms with Crippen molar-refractivity contribution >= 4 is 34.2 Å². The zero-order valence-electron chi connectivity index (χ0n) is 13.9. The molecule has 25 heavy (non-hydrogen) atoms. The van der Waals surface area contributed by atoms with E-state index < -0.39 is 0 Å². The number of nitrogens with zero attached hydrogens (tertiary/aromatic N) is 5. The van der Waals surface area contributed by atoms with E-state index in [0.29, 0.717) is 18.1 Å². The molecule has 0 radical (unpaired) electrons. The third-order valence-corrected chi connectivity index (χ3v) is 4.66. The van der Waals surface area contributed by atoms with Crippen molar-refractivity contribution in [3.63, 3.8) is 0 Å². The molecule has 0 unspecified atom stereocenters. The molecule has 3 aromatic rings. The quantitative estimate of drug-likeness (QED) is 0.672. The molecule has 1 fully saturated rings. The standard InChI is InChI=1S/C18H18ClN5O/c1-13-10-17(15-4-2-3-5-16(15)21-13)22-6-8-23(9-7-22)18(25)24-12-14(19)11-20-24/h2-5,10-12H,6-9H2,1H3.